The molecular formula is C23H22F4N4O2S. The quantitative estimate of drug-likeness (QED) is 0.490. The van der Waals surface area contributed by atoms with Crippen molar-refractivity contribution in [1.82, 2.24) is 14.8 Å². The van der Waals surface area contributed by atoms with Crippen molar-refractivity contribution >= 4 is 22.9 Å². The Morgan fingerprint density at radius 1 is 1.09 bits per heavy atom. The van der Waals surface area contributed by atoms with Crippen molar-refractivity contribution < 1.29 is 27.0 Å². The molecule has 0 radical (unpaired) electrons. The summed E-state index contributed by atoms with van der Waals surface area (Å²) in [5, 5.41) is 4.58. The van der Waals surface area contributed by atoms with E-state index in [-0.39, 0.29) is 19.2 Å². The van der Waals surface area contributed by atoms with E-state index < -0.39 is 16.5 Å². The Bertz CT molecular complexity index is 1200. The third-order valence-electron chi connectivity index (χ3n) is 6.03. The lowest BCUT2D eigenvalue weighted by Gasteiger charge is -2.45. The first-order valence-electron chi connectivity index (χ1n) is 10.7. The standard InChI is InChI=1S/C23H22F4N4O2S/c1-15-28-21(29-31(15)10-18-6-7-20(34-18)23(25,26)27)30-9-8-19(16-2-4-17(24)5-3-16)22(11-30)12-32-14-33-13-22/h2-8H,9-14H2,1H3. The number of aryl methyl sites for hydroxylation is 1. The van der Waals surface area contributed by atoms with Gasteiger partial charge in [-0.3, -0.25) is 0 Å². The molecule has 0 saturated carbocycles. The first kappa shape index (κ1) is 23.0. The first-order chi connectivity index (χ1) is 16.2. The largest absolute Gasteiger partial charge is 0.425 e. The monoisotopic (exact) mass is 494 g/mol. The summed E-state index contributed by atoms with van der Waals surface area (Å²) in [6.45, 7) is 4.11. The van der Waals surface area contributed by atoms with E-state index in [2.05, 4.69) is 16.2 Å². The van der Waals surface area contributed by atoms with Crippen LogP contribution in [-0.2, 0) is 22.2 Å². The van der Waals surface area contributed by atoms with Gasteiger partial charge in [0.25, 0.3) is 0 Å². The summed E-state index contributed by atoms with van der Waals surface area (Å²) in [5.41, 5.74) is 1.45. The molecule has 5 rings (SSSR count). The van der Waals surface area contributed by atoms with Crippen molar-refractivity contribution in [2.45, 2.75) is 19.6 Å². The second-order valence-corrected chi connectivity index (χ2v) is 9.65. The molecule has 2 aliphatic rings. The minimum Gasteiger partial charge on any atom is -0.354 e. The summed E-state index contributed by atoms with van der Waals surface area (Å²) >= 11 is 0.708. The Kier molecular flexibility index (Phi) is 5.95. The van der Waals surface area contributed by atoms with E-state index in [9.17, 15) is 17.6 Å². The second kappa shape index (κ2) is 8.79. The molecule has 0 N–H and O–H groups in total. The van der Waals surface area contributed by atoms with Gasteiger partial charge in [0.1, 0.15) is 23.3 Å². The highest BCUT2D eigenvalue weighted by Gasteiger charge is 2.43. The fourth-order valence-corrected chi connectivity index (χ4v) is 5.27. The maximum Gasteiger partial charge on any atom is 0.425 e. The lowest BCUT2D eigenvalue weighted by molar-refractivity contribution is -0.144. The van der Waals surface area contributed by atoms with Gasteiger partial charge in [-0.1, -0.05) is 18.2 Å². The normalized spacial score (nSPS) is 18.4. The van der Waals surface area contributed by atoms with Crippen molar-refractivity contribution in [1.29, 1.82) is 0 Å². The molecule has 0 bridgehead atoms. The van der Waals surface area contributed by atoms with Crippen LogP contribution in [0.4, 0.5) is 23.5 Å². The minimum absolute atomic E-state index is 0.210. The highest BCUT2D eigenvalue weighted by atomic mass is 32.1. The Morgan fingerprint density at radius 3 is 2.50 bits per heavy atom. The zero-order valence-electron chi connectivity index (χ0n) is 18.3. The molecular weight excluding hydrogens is 472 g/mol. The fourth-order valence-electron chi connectivity index (χ4n) is 4.41. The number of anilines is 1. The summed E-state index contributed by atoms with van der Waals surface area (Å²) in [5.74, 6) is 0.796. The predicted molar refractivity (Wildman–Crippen MR) is 119 cm³/mol. The number of hydrogen-bond acceptors (Lipinski definition) is 6. The molecule has 0 atom stereocenters. The number of ether oxygens (including phenoxy) is 2. The highest BCUT2D eigenvalue weighted by Crippen LogP contribution is 2.42. The second-order valence-electron chi connectivity index (χ2n) is 8.48. The van der Waals surface area contributed by atoms with Crippen LogP contribution in [0.15, 0.2) is 42.5 Å². The average Bonchev–Trinajstić information content (AvgIpc) is 3.42. The summed E-state index contributed by atoms with van der Waals surface area (Å²) in [4.78, 5) is 6.50. The Balaban J connectivity index is 1.40. The van der Waals surface area contributed by atoms with E-state index >= 15 is 0 Å². The molecule has 1 spiro atoms. The summed E-state index contributed by atoms with van der Waals surface area (Å²) in [6.07, 6.45) is -2.30. The number of nitrogens with zero attached hydrogens (tertiary/aromatic N) is 4. The van der Waals surface area contributed by atoms with Gasteiger partial charge in [0.05, 0.1) is 25.2 Å². The molecule has 2 aromatic heterocycles. The Labute approximate surface area is 197 Å². The zero-order valence-corrected chi connectivity index (χ0v) is 19.1. The van der Waals surface area contributed by atoms with Crippen LogP contribution >= 0.6 is 11.3 Å². The summed E-state index contributed by atoms with van der Waals surface area (Å²) in [7, 11) is 0. The molecule has 3 aromatic rings. The number of aromatic nitrogens is 3. The van der Waals surface area contributed by atoms with Crippen molar-refractivity contribution in [2.75, 3.05) is 38.0 Å². The van der Waals surface area contributed by atoms with Crippen molar-refractivity contribution in [3.05, 3.63) is 69.4 Å². The van der Waals surface area contributed by atoms with Gasteiger partial charge in [0, 0.05) is 18.0 Å². The third kappa shape index (κ3) is 4.47. The van der Waals surface area contributed by atoms with Gasteiger partial charge < -0.3 is 14.4 Å². The molecule has 4 heterocycles. The summed E-state index contributed by atoms with van der Waals surface area (Å²) in [6, 6.07) is 8.93. The number of rotatable bonds is 4. The van der Waals surface area contributed by atoms with Crippen LogP contribution in [0.3, 0.4) is 0 Å². The van der Waals surface area contributed by atoms with E-state index in [0.717, 1.165) is 17.2 Å². The van der Waals surface area contributed by atoms with Crippen LogP contribution in [0.25, 0.3) is 5.57 Å². The van der Waals surface area contributed by atoms with Crippen LogP contribution in [0, 0.1) is 18.2 Å². The van der Waals surface area contributed by atoms with Crippen LogP contribution in [-0.4, -0.2) is 47.9 Å². The van der Waals surface area contributed by atoms with Gasteiger partial charge in [0.15, 0.2) is 0 Å². The first-order valence-corrected chi connectivity index (χ1v) is 11.5. The maximum absolute atomic E-state index is 13.5. The van der Waals surface area contributed by atoms with E-state index in [0.29, 0.717) is 54.3 Å². The lowest BCUT2D eigenvalue weighted by atomic mass is 9.75. The third-order valence-corrected chi connectivity index (χ3v) is 7.15. The predicted octanol–water partition coefficient (Wildman–Crippen LogP) is 4.75. The van der Waals surface area contributed by atoms with Crippen LogP contribution < -0.4 is 4.90 Å². The van der Waals surface area contributed by atoms with Gasteiger partial charge in [-0.05, 0) is 42.3 Å². The van der Waals surface area contributed by atoms with E-state index in [1.54, 1.807) is 23.7 Å². The highest BCUT2D eigenvalue weighted by molar-refractivity contribution is 7.12. The molecule has 1 saturated heterocycles. The molecule has 0 unspecified atom stereocenters. The number of thiophene rings is 1. The fraction of sp³-hybridized carbons (Fsp3) is 0.391. The maximum atomic E-state index is 13.5. The Hall–Kier alpha value is -2.76. The summed E-state index contributed by atoms with van der Waals surface area (Å²) < 4.78 is 65.2. The number of benzene rings is 1. The van der Waals surface area contributed by atoms with Crippen molar-refractivity contribution in [2.24, 2.45) is 5.41 Å². The van der Waals surface area contributed by atoms with Crippen molar-refractivity contribution in [3.8, 4) is 0 Å². The van der Waals surface area contributed by atoms with Crippen molar-refractivity contribution in [3.63, 3.8) is 0 Å². The molecule has 1 fully saturated rings. The molecule has 6 nitrogen and oxygen atoms in total. The van der Waals surface area contributed by atoms with Crippen LogP contribution in [0.5, 0.6) is 0 Å². The number of halogens is 4. The molecule has 180 valence electrons. The minimum atomic E-state index is -4.35. The molecule has 1 aromatic carbocycles. The van der Waals surface area contributed by atoms with Gasteiger partial charge in [-0.2, -0.15) is 18.2 Å². The number of alkyl halides is 3. The topological polar surface area (TPSA) is 52.4 Å². The lowest BCUT2D eigenvalue weighted by Crippen LogP contribution is -2.50. The average molecular weight is 495 g/mol. The van der Waals surface area contributed by atoms with E-state index in [1.807, 2.05) is 4.90 Å². The van der Waals surface area contributed by atoms with Gasteiger partial charge in [-0.25, -0.2) is 9.07 Å². The van der Waals surface area contributed by atoms with E-state index in [1.165, 1.54) is 18.2 Å². The Morgan fingerprint density at radius 2 is 1.82 bits per heavy atom. The molecule has 34 heavy (non-hydrogen) atoms. The zero-order chi connectivity index (χ0) is 23.9. The SMILES string of the molecule is Cc1nc(N2CC=C(c3ccc(F)cc3)C3(COCOC3)C2)nn1Cc1ccc(C(F)(F)F)s1. The van der Waals surface area contributed by atoms with Crippen LogP contribution in [0.2, 0.25) is 0 Å². The van der Waals surface area contributed by atoms with Gasteiger partial charge in [-0.15, -0.1) is 16.4 Å². The molecule has 0 aliphatic carbocycles. The molecule has 2 aliphatic heterocycles. The van der Waals surface area contributed by atoms with Gasteiger partial charge in [0.2, 0.25) is 5.95 Å². The van der Waals surface area contributed by atoms with E-state index in [4.69, 9.17) is 9.47 Å². The van der Waals surface area contributed by atoms with Crippen LogP contribution in [0.1, 0.15) is 21.1 Å². The molecule has 11 heteroatoms. The molecule has 0 amide bonds. The smallest absolute Gasteiger partial charge is 0.354 e. The van der Waals surface area contributed by atoms with Gasteiger partial charge >= 0.3 is 6.18 Å². The number of hydrogen-bond donors (Lipinski definition) is 0.